The zero-order chi connectivity index (χ0) is 24.6. The first kappa shape index (κ1) is 24.2. The summed E-state index contributed by atoms with van der Waals surface area (Å²) in [6, 6.07) is 11.9. The Morgan fingerprint density at radius 3 is 2.68 bits per heavy atom. The van der Waals surface area contributed by atoms with Gasteiger partial charge in [0.1, 0.15) is 0 Å². The molecule has 0 unspecified atom stereocenters. The summed E-state index contributed by atoms with van der Waals surface area (Å²) >= 11 is 6.22. The number of carbonyl (C=O) groups is 1. The van der Waals surface area contributed by atoms with Crippen molar-refractivity contribution >= 4 is 33.2 Å². The molecule has 1 aliphatic heterocycles. The average Bonchev–Trinajstić information content (AvgIpc) is 3.35. The Balaban J connectivity index is 1.51. The lowest BCUT2D eigenvalue weighted by Gasteiger charge is -2.30. The molecule has 0 fully saturated rings. The van der Waals surface area contributed by atoms with Crippen molar-refractivity contribution in [3.8, 4) is 11.5 Å². The van der Waals surface area contributed by atoms with Gasteiger partial charge in [-0.2, -0.15) is 0 Å². The van der Waals surface area contributed by atoms with Gasteiger partial charge in [0.15, 0.2) is 0 Å². The largest absolute Gasteiger partial charge is 0.419 e. The maximum atomic E-state index is 13.3. The predicted octanol–water partition coefficient (Wildman–Crippen LogP) is 3.23. The van der Waals surface area contributed by atoms with Gasteiger partial charge >= 0.3 is 0 Å². The minimum atomic E-state index is -3.79. The van der Waals surface area contributed by atoms with Crippen molar-refractivity contribution in [1.82, 2.24) is 15.1 Å². The van der Waals surface area contributed by atoms with Crippen LogP contribution in [0.1, 0.15) is 32.2 Å². The van der Waals surface area contributed by atoms with Crippen LogP contribution in [-0.4, -0.2) is 48.1 Å². The number of anilines is 1. The molecule has 0 saturated carbocycles. The van der Waals surface area contributed by atoms with E-state index in [0.29, 0.717) is 28.8 Å². The molecule has 9 nitrogen and oxygen atoms in total. The molecule has 0 spiro atoms. The number of fused-ring (bicyclic) bond motifs is 1. The lowest BCUT2D eigenvalue weighted by atomic mass is 10.1. The monoisotopic (exact) mass is 503 g/mol. The SMILES string of the molecule is CC(C)N(Cc1nnc(-c2ccccc2Cl)o1)C(=O)CN1c2ccc(S(N)(=O)=O)cc2C[C@H]1C. The third-order valence-electron chi connectivity index (χ3n) is 5.86. The summed E-state index contributed by atoms with van der Waals surface area (Å²) in [5.74, 6) is 0.497. The van der Waals surface area contributed by atoms with Gasteiger partial charge in [0.25, 0.3) is 0 Å². The van der Waals surface area contributed by atoms with Gasteiger partial charge in [-0.25, -0.2) is 13.6 Å². The van der Waals surface area contributed by atoms with Crippen molar-refractivity contribution in [2.75, 3.05) is 11.4 Å². The summed E-state index contributed by atoms with van der Waals surface area (Å²) in [7, 11) is -3.79. The topological polar surface area (TPSA) is 123 Å². The second kappa shape index (κ2) is 9.36. The third-order valence-corrected chi connectivity index (χ3v) is 7.10. The van der Waals surface area contributed by atoms with Crippen LogP contribution in [0, 0.1) is 0 Å². The van der Waals surface area contributed by atoms with Crippen LogP contribution in [0.15, 0.2) is 51.8 Å². The minimum Gasteiger partial charge on any atom is -0.419 e. The van der Waals surface area contributed by atoms with E-state index in [1.807, 2.05) is 37.8 Å². The first-order chi connectivity index (χ1) is 16.0. The van der Waals surface area contributed by atoms with Crippen LogP contribution in [0.5, 0.6) is 0 Å². The lowest BCUT2D eigenvalue weighted by molar-refractivity contribution is -0.132. The number of hydrogen-bond acceptors (Lipinski definition) is 7. The van der Waals surface area contributed by atoms with Crippen LogP contribution >= 0.6 is 11.6 Å². The Kier molecular flexibility index (Phi) is 6.66. The molecule has 1 aromatic heterocycles. The van der Waals surface area contributed by atoms with E-state index in [-0.39, 0.29) is 36.0 Å². The second-order valence-electron chi connectivity index (χ2n) is 8.61. The van der Waals surface area contributed by atoms with Gasteiger partial charge in [0, 0.05) is 17.8 Å². The molecule has 11 heteroatoms. The van der Waals surface area contributed by atoms with E-state index in [1.165, 1.54) is 6.07 Å². The van der Waals surface area contributed by atoms with E-state index in [1.54, 1.807) is 29.2 Å². The summed E-state index contributed by atoms with van der Waals surface area (Å²) in [5.41, 5.74) is 2.31. The van der Waals surface area contributed by atoms with E-state index in [0.717, 1.165) is 11.3 Å². The number of halogens is 1. The molecular weight excluding hydrogens is 478 g/mol. The van der Waals surface area contributed by atoms with Crippen molar-refractivity contribution in [1.29, 1.82) is 0 Å². The quantitative estimate of drug-likeness (QED) is 0.525. The average molecular weight is 504 g/mol. The number of hydrogen-bond donors (Lipinski definition) is 1. The minimum absolute atomic E-state index is 0.0268. The summed E-state index contributed by atoms with van der Waals surface area (Å²) < 4.78 is 29.2. The second-order valence-corrected chi connectivity index (χ2v) is 10.6. The molecule has 3 aromatic rings. The fourth-order valence-corrected chi connectivity index (χ4v) is 4.87. The van der Waals surface area contributed by atoms with Crippen LogP contribution in [0.4, 0.5) is 5.69 Å². The van der Waals surface area contributed by atoms with E-state index in [4.69, 9.17) is 21.2 Å². The van der Waals surface area contributed by atoms with Gasteiger partial charge in [-0.3, -0.25) is 4.79 Å². The molecule has 2 heterocycles. The van der Waals surface area contributed by atoms with Crippen molar-refractivity contribution in [2.45, 2.75) is 50.7 Å². The number of rotatable bonds is 7. The molecule has 34 heavy (non-hydrogen) atoms. The lowest BCUT2D eigenvalue weighted by Crippen LogP contribution is -2.45. The first-order valence-corrected chi connectivity index (χ1v) is 12.8. The molecule has 2 aromatic carbocycles. The maximum absolute atomic E-state index is 13.3. The predicted molar refractivity (Wildman–Crippen MR) is 129 cm³/mol. The highest BCUT2D eigenvalue weighted by Gasteiger charge is 2.31. The molecule has 0 radical (unpaired) electrons. The van der Waals surface area contributed by atoms with Crippen molar-refractivity contribution in [3.63, 3.8) is 0 Å². The van der Waals surface area contributed by atoms with Crippen LogP contribution in [0.3, 0.4) is 0 Å². The van der Waals surface area contributed by atoms with E-state index in [9.17, 15) is 13.2 Å². The molecule has 0 bridgehead atoms. The fraction of sp³-hybridized carbons (Fsp3) is 0.348. The molecule has 0 aliphatic carbocycles. The Morgan fingerprint density at radius 1 is 1.26 bits per heavy atom. The fourth-order valence-electron chi connectivity index (χ4n) is 4.09. The van der Waals surface area contributed by atoms with E-state index in [2.05, 4.69) is 10.2 Å². The Bertz CT molecular complexity index is 1320. The van der Waals surface area contributed by atoms with Gasteiger partial charge < -0.3 is 14.2 Å². The standard InChI is InChI=1S/C23H26ClN5O4S/c1-14(2)28(12-21-26-27-23(33-21)18-6-4-5-7-19(18)24)22(30)13-29-15(3)10-16-11-17(34(25,31)32)8-9-20(16)29/h4-9,11,14-15H,10,12-13H2,1-3H3,(H2,25,31,32)/t15-/m1/s1. The van der Waals surface area contributed by atoms with Crippen LogP contribution in [0.2, 0.25) is 5.02 Å². The van der Waals surface area contributed by atoms with Gasteiger partial charge in [-0.05, 0) is 63.1 Å². The molecule has 1 aliphatic rings. The normalized spacial score (nSPS) is 15.6. The number of nitrogens with zero attached hydrogens (tertiary/aromatic N) is 4. The van der Waals surface area contributed by atoms with E-state index >= 15 is 0 Å². The highest BCUT2D eigenvalue weighted by molar-refractivity contribution is 7.89. The molecule has 2 N–H and O–H groups in total. The highest BCUT2D eigenvalue weighted by Crippen LogP contribution is 2.34. The van der Waals surface area contributed by atoms with Gasteiger partial charge in [-0.1, -0.05) is 23.7 Å². The molecular formula is C23H26ClN5O4S. The molecule has 1 amide bonds. The number of aromatic nitrogens is 2. The smallest absolute Gasteiger partial charge is 0.249 e. The highest BCUT2D eigenvalue weighted by atomic mass is 35.5. The number of primary sulfonamides is 1. The van der Waals surface area contributed by atoms with Crippen LogP contribution in [-0.2, 0) is 27.8 Å². The Morgan fingerprint density at radius 2 is 2.00 bits per heavy atom. The zero-order valence-electron chi connectivity index (χ0n) is 19.1. The number of sulfonamides is 1. The van der Waals surface area contributed by atoms with Crippen molar-refractivity contribution < 1.29 is 17.6 Å². The maximum Gasteiger partial charge on any atom is 0.249 e. The zero-order valence-corrected chi connectivity index (χ0v) is 20.7. The van der Waals surface area contributed by atoms with Gasteiger partial charge in [0.2, 0.25) is 27.7 Å². The summed E-state index contributed by atoms with van der Waals surface area (Å²) in [4.78, 5) is 17.0. The van der Waals surface area contributed by atoms with Crippen molar-refractivity contribution in [3.05, 3.63) is 58.9 Å². The molecule has 180 valence electrons. The summed E-state index contributed by atoms with van der Waals surface area (Å²) in [6.07, 6.45) is 0.624. The number of carbonyl (C=O) groups excluding carboxylic acids is 1. The van der Waals surface area contributed by atoms with Gasteiger partial charge in [-0.15, -0.1) is 10.2 Å². The summed E-state index contributed by atoms with van der Waals surface area (Å²) in [5, 5.41) is 14.0. The summed E-state index contributed by atoms with van der Waals surface area (Å²) in [6.45, 7) is 6.13. The van der Waals surface area contributed by atoms with E-state index < -0.39 is 10.0 Å². The molecule has 4 rings (SSSR count). The third kappa shape index (κ3) is 4.94. The van der Waals surface area contributed by atoms with Gasteiger partial charge in [0.05, 0.1) is 28.6 Å². The number of nitrogens with two attached hydrogens (primary N) is 1. The molecule has 1 atom stereocenters. The van der Waals surface area contributed by atoms with Crippen LogP contribution < -0.4 is 10.0 Å². The molecule has 0 saturated heterocycles. The van der Waals surface area contributed by atoms with Crippen LogP contribution in [0.25, 0.3) is 11.5 Å². The Hall–Kier alpha value is -2.95. The first-order valence-electron chi connectivity index (χ1n) is 10.8. The number of benzene rings is 2. The Labute approximate surface area is 203 Å². The number of amides is 1. The van der Waals surface area contributed by atoms with Crippen molar-refractivity contribution in [2.24, 2.45) is 5.14 Å².